The lowest BCUT2D eigenvalue weighted by molar-refractivity contribution is 0.102. The minimum atomic E-state index is -0.361. The van der Waals surface area contributed by atoms with Crippen LogP contribution in [0.15, 0.2) is 73.1 Å². The fraction of sp³-hybridized carbons (Fsp3) is 0.0500. The Labute approximate surface area is 145 Å². The molecule has 0 atom stereocenters. The lowest BCUT2D eigenvalue weighted by Gasteiger charge is -2.12. The van der Waals surface area contributed by atoms with Crippen molar-refractivity contribution < 1.29 is 14.3 Å². The summed E-state index contributed by atoms with van der Waals surface area (Å²) < 4.78 is 5.79. The summed E-state index contributed by atoms with van der Waals surface area (Å²) in [7, 11) is 0. The average molecular weight is 332 g/mol. The van der Waals surface area contributed by atoms with Crippen LogP contribution in [-0.4, -0.2) is 17.2 Å². The predicted octanol–water partition coefficient (Wildman–Crippen LogP) is 3.73. The van der Waals surface area contributed by atoms with Crippen LogP contribution >= 0.6 is 0 Å². The number of nitrogens with one attached hydrogen (secondary N) is 1. The first kappa shape index (κ1) is 16.4. The summed E-state index contributed by atoms with van der Waals surface area (Å²) in [5.41, 5.74) is 2.26. The maximum atomic E-state index is 12.6. The van der Waals surface area contributed by atoms with Crippen molar-refractivity contribution in [3.63, 3.8) is 0 Å². The smallest absolute Gasteiger partial charge is 0.259 e. The van der Waals surface area contributed by atoms with E-state index >= 15 is 0 Å². The highest BCUT2D eigenvalue weighted by molar-refractivity contribution is 6.06. The molecule has 0 spiro atoms. The van der Waals surface area contributed by atoms with Crippen molar-refractivity contribution in [1.29, 1.82) is 0 Å². The summed E-state index contributed by atoms with van der Waals surface area (Å²) in [5.74, 6) is 0.0515. The molecular weight excluding hydrogens is 316 g/mol. The van der Waals surface area contributed by atoms with Crippen molar-refractivity contribution in [3.05, 3.63) is 89.7 Å². The zero-order valence-corrected chi connectivity index (χ0v) is 13.4. The molecule has 5 nitrogen and oxygen atoms in total. The topological polar surface area (TPSA) is 68.3 Å². The Morgan fingerprint density at radius 2 is 1.92 bits per heavy atom. The van der Waals surface area contributed by atoms with E-state index in [1.54, 1.807) is 36.7 Å². The number of aldehydes is 1. The molecule has 0 aliphatic heterocycles. The van der Waals surface area contributed by atoms with Gasteiger partial charge in [0.05, 0.1) is 17.4 Å². The largest absolute Gasteiger partial charge is 0.488 e. The number of carbonyl (C=O) groups is 2. The van der Waals surface area contributed by atoms with Gasteiger partial charge in [-0.2, -0.15) is 0 Å². The molecule has 1 heterocycles. The molecule has 5 heteroatoms. The molecule has 0 saturated heterocycles. The third-order valence-corrected chi connectivity index (χ3v) is 3.54. The van der Waals surface area contributed by atoms with Gasteiger partial charge in [-0.15, -0.1) is 0 Å². The van der Waals surface area contributed by atoms with Gasteiger partial charge in [-0.05, 0) is 35.9 Å². The second kappa shape index (κ2) is 7.88. The molecule has 0 bridgehead atoms. The molecule has 0 unspecified atom stereocenters. The number of nitrogens with zero attached hydrogens (tertiary/aromatic N) is 1. The van der Waals surface area contributed by atoms with E-state index in [1.165, 1.54) is 6.07 Å². The van der Waals surface area contributed by atoms with Gasteiger partial charge in [0.1, 0.15) is 18.6 Å². The molecule has 0 aliphatic carbocycles. The summed E-state index contributed by atoms with van der Waals surface area (Å²) >= 11 is 0. The number of aromatic nitrogens is 1. The molecule has 0 saturated carbocycles. The van der Waals surface area contributed by atoms with E-state index < -0.39 is 0 Å². The third-order valence-electron chi connectivity index (χ3n) is 3.54. The van der Waals surface area contributed by atoms with E-state index in [1.807, 2.05) is 30.3 Å². The quantitative estimate of drug-likeness (QED) is 0.699. The maximum Gasteiger partial charge on any atom is 0.259 e. The fourth-order valence-electron chi connectivity index (χ4n) is 2.29. The Kier molecular flexibility index (Phi) is 5.16. The second-order valence-electron chi connectivity index (χ2n) is 5.34. The number of benzene rings is 2. The van der Waals surface area contributed by atoms with Crippen LogP contribution in [0.3, 0.4) is 0 Å². The van der Waals surface area contributed by atoms with Gasteiger partial charge in [0.2, 0.25) is 0 Å². The molecule has 1 amide bonds. The molecule has 124 valence electrons. The summed E-state index contributed by atoms with van der Waals surface area (Å²) in [6.45, 7) is 0.328. The Balaban J connectivity index is 1.82. The van der Waals surface area contributed by atoms with Gasteiger partial charge in [-0.3, -0.25) is 14.6 Å². The van der Waals surface area contributed by atoms with Gasteiger partial charge in [-0.1, -0.05) is 30.3 Å². The van der Waals surface area contributed by atoms with E-state index in [0.717, 1.165) is 5.56 Å². The van der Waals surface area contributed by atoms with Gasteiger partial charge in [0.15, 0.2) is 0 Å². The number of pyridine rings is 1. The standard InChI is InChI=1S/C20H16N2O3/c23-13-16-8-9-19(25-14-15-5-2-1-3-6-15)18(11-16)20(24)22-17-7-4-10-21-12-17/h1-13H,14H2,(H,22,24). The van der Waals surface area contributed by atoms with E-state index in [0.29, 0.717) is 35.5 Å². The monoisotopic (exact) mass is 332 g/mol. The molecule has 2 aromatic carbocycles. The van der Waals surface area contributed by atoms with Crippen molar-refractivity contribution in [1.82, 2.24) is 4.98 Å². The first-order valence-electron chi connectivity index (χ1n) is 7.73. The third kappa shape index (κ3) is 4.29. The number of anilines is 1. The number of hydrogen-bond acceptors (Lipinski definition) is 4. The SMILES string of the molecule is O=Cc1ccc(OCc2ccccc2)c(C(=O)Nc2cccnc2)c1. The molecule has 1 aromatic heterocycles. The molecule has 0 fully saturated rings. The van der Waals surface area contributed by atoms with Gasteiger partial charge < -0.3 is 10.1 Å². The number of ether oxygens (including phenoxy) is 1. The van der Waals surface area contributed by atoms with E-state index in [-0.39, 0.29) is 5.91 Å². The lowest BCUT2D eigenvalue weighted by atomic mass is 10.1. The van der Waals surface area contributed by atoms with Gasteiger partial charge in [0.25, 0.3) is 5.91 Å². The lowest BCUT2D eigenvalue weighted by Crippen LogP contribution is -2.14. The molecule has 25 heavy (non-hydrogen) atoms. The molecule has 0 radical (unpaired) electrons. The minimum Gasteiger partial charge on any atom is -0.488 e. The number of amides is 1. The van der Waals surface area contributed by atoms with E-state index in [2.05, 4.69) is 10.3 Å². The summed E-state index contributed by atoms with van der Waals surface area (Å²) in [6.07, 6.45) is 3.87. The van der Waals surface area contributed by atoms with Crippen molar-refractivity contribution in [3.8, 4) is 5.75 Å². The van der Waals surface area contributed by atoms with Gasteiger partial charge >= 0.3 is 0 Å². The van der Waals surface area contributed by atoms with Crippen molar-refractivity contribution >= 4 is 17.9 Å². The van der Waals surface area contributed by atoms with Gasteiger partial charge in [0, 0.05) is 11.8 Å². The zero-order valence-electron chi connectivity index (χ0n) is 13.4. The first-order chi connectivity index (χ1) is 12.3. The summed E-state index contributed by atoms with van der Waals surface area (Å²) in [4.78, 5) is 27.6. The Bertz CT molecular complexity index is 865. The highest BCUT2D eigenvalue weighted by Gasteiger charge is 2.14. The highest BCUT2D eigenvalue weighted by Crippen LogP contribution is 2.22. The van der Waals surface area contributed by atoms with Crippen molar-refractivity contribution in [2.75, 3.05) is 5.32 Å². The Morgan fingerprint density at radius 1 is 1.08 bits per heavy atom. The van der Waals surface area contributed by atoms with Crippen LogP contribution in [0.1, 0.15) is 26.3 Å². The van der Waals surface area contributed by atoms with Crippen LogP contribution in [0.5, 0.6) is 5.75 Å². The first-order valence-corrected chi connectivity index (χ1v) is 7.73. The number of rotatable bonds is 6. The molecular formula is C20H16N2O3. The van der Waals surface area contributed by atoms with E-state index in [4.69, 9.17) is 4.74 Å². The Hall–Kier alpha value is -3.47. The van der Waals surface area contributed by atoms with Crippen LogP contribution in [-0.2, 0) is 6.61 Å². The average Bonchev–Trinajstić information content (AvgIpc) is 2.68. The maximum absolute atomic E-state index is 12.6. The molecule has 3 rings (SSSR count). The zero-order chi connectivity index (χ0) is 17.5. The molecule has 3 aromatic rings. The van der Waals surface area contributed by atoms with Gasteiger partial charge in [-0.25, -0.2) is 0 Å². The minimum absolute atomic E-state index is 0.296. The second-order valence-corrected chi connectivity index (χ2v) is 5.34. The summed E-state index contributed by atoms with van der Waals surface area (Å²) in [6, 6.07) is 17.9. The normalized spacial score (nSPS) is 10.1. The van der Waals surface area contributed by atoms with Crippen LogP contribution in [0.25, 0.3) is 0 Å². The predicted molar refractivity (Wildman–Crippen MR) is 94.8 cm³/mol. The van der Waals surface area contributed by atoms with Crippen molar-refractivity contribution in [2.24, 2.45) is 0 Å². The van der Waals surface area contributed by atoms with Crippen LogP contribution in [0.2, 0.25) is 0 Å². The highest BCUT2D eigenvalue weighted by atomic mass is 16.5. The number of hydrogen-bond donors (Lipinski definition) is 1. The van der Waals surface area contributed by atoms with Crippen LogP contribution in [0.4, 0.5) is 5.69 Å². The fourth-order valence-corrected chi connectivity index (χ4v) is 2.29. The van der Waals surface area contributed by atoms with E-state index in [9.17, 15) is 9.59 Å². The van der Waals surface area contributed by atoms with Crippen LogP contribution in [0, 0.1) is 0 Å². The molecule has 1 N–H and O–H groups in total. The van der Waals surface area contributed by atoms with Crippen LogP contribution < -0.4 is 10.1 Å². The number of carbonyl (C=O) groups excluding carboxylic acids is 2. The summed E-state index contributed by atoms with van der Waals surface area (Å²) in [5, 5.41) is 2.75. The molecule has 0 aliphatic rings. The van der Waals surface area contributed by atoms with Crippen molar-refractivity contribution in [2.45, 2.75) is 6.61 Å². The Morgan fingerprint density at radius 3 is 2.64 bits per heavy atom.